The van der Waals surface area contributed by atoms with Crippen molar-refractivity contribution in [2.45, 2.75) is 25.0 Å². The van der Waals surface area contributed by atoms with Crippen LogP contribution in [-0.4, -0.2) is 36.2 Å². The number of nitrogens with zero attached hydrogens (tertiary/aromatic N) is 1. The topological polar surface area (TPSA) is 35.5 Å². The maximum absolute atomic E-state index is 11.0. The zero-order valence-electron chi connectivity index (χ0n) is 11.5. The molecule has 0 amide bonds. The van der Waals surface area contributed by atoms with Gasteiger partial charge in [0.15, 0.2) is 0 Å². The van der Waals surface area contributed by atoms with Gasteiger partial charge in [0.2, 0.25) is 0 Å². The molecule has 0 radical (unpaired) electrons. The van der Waals surface area contributed by atoms with E-state index in [4.69, 9.17) is 0 Å². The third kappa shape index (κ3) is 1.46. The summed E-state index contributed by atoms with van der Waals surface area (Å²) in [5.74, 6) is 0.577. The lowest BCUT2D eigenvalue weighted by Gasteiger charge is -2.44. The number of hydrogen-bond acceptors (Lipinski definition) is 3. The number of benzene rings is 1. The molecule has 0 saturated heterocycles. The lowest BCUT2D eigenvalue weighted by atomic mass is 9.72. The molecular weight excluding hydrogens is 236 g/mol. The SMILES string of the molecule is C[C@@H]1C=C2c3cccc4c3C(O)(CN4)C[C@H]2N(C)C1. The van der Waals surface area contributed by atoms with Crippen molar-refractivity contribution >= 4 is 11.3 Å². The molecule has 3 nitrogen and oxygen atoms in total. The van der Waals surface area contributed by atoms with Crippen LogP contribution in [0, 0.1) is 5.92 Å². The van der Waals surface area contributed by atoms with Gasteiger partial charge in [0.1, 0.15) is 5.60 Å². The fourth-order valence-electron chi connectivity index (χ4n) is 4.09. The summed E-state index contributed by atoms with van der Waals surface area (Å²) in [4.78, 5) is 2.39. The predicted molar refractivity (Wildman–Crippen MR) is 77.0 cm³/mol. The van der Waals surface area contributed by atoms with Crippen LogP contribution in [0.4, 0.5) is 5.69 Å². The van der Waals surface area contributed by atoms with Crippen LogP contribution in [0.2, 0.25) is 0 Å². The largest absolute Gasteiger partial charge is 0.383 e. The van der Waals surface area contributed by atoms with Crippen molar-refractivity contribution in [3.63, 3.8) is 0 Å². The second-order valence-electron chi connectivity index (χ2n) is 6.37. The molecule has 4 rings (SSSR count). The number of likely N-dealkylation sites (N-methyl/N-ethyl adjacent to an activating group) is 1. The Morgan fingerprint density at radius 1 is 1.42 bits per heavy atom. The Bertz CT molecular complexity index is 580. The summed E-state index contributed by atoms with van der Waals surface area (Å²) in [6.07, 6.45) is 3.21. The third-order valence-electron chi connectivity index (χ3n) is 4.87. The van der Waals surface area contributed by atoms with Gasteiger partial charge < -0.3 is 10.4 Å². The summed E-state index contributed by atoms with van der Waals surface area (Å²) < 4.78 is 0. The summed E-state index contributed by atoms with van der Waals surface area (Å²) in [5.41, 5.74) is 4.20. The van der Waals surface area contributed by atoms with Crippen LogP contribution < -0.4 is 5.32 Å². The minimum Gasteiger partial charge on any atom is -0.383 e. The zero-order valence-corrected chi connectivity index (χ0v) is 11.5. The van der Waals surface area contributed by atoms with Crippen molar-refractivity contribution in [1.29, 1.82) is 0 Å². The minimum atomic E-state index is -0.692. The molecule has 0 spiro atoms. The van der Waals surface area contributed by atoms with E-state index < -0.39 is 5.60 Å². The Balaban J connectivity index is 1.96. The number of hydrogen-bond donors (Lipinski definition) is 2. The van der Waals surface area contributed by atoms with Gasteiger partial charge in [-0.3, -0.25) is 4.90 Å². The third-order valence-corrected chi connectivity index (χ3v) is 4.87. The second kappa shape index (κ2) is 3.62. The van der Waals surface area contributed by atoms with Crippen LogP contribution in [0.5, 0.6) is 0 Å². The molecule has 0 bridgehead atoms. The molecule has 19 heavy (non-hydrogen) atoms. The normalized spacial score (nSPS) is 36.3. The first-order chi connectivity index (χ1) is 9.08. The summed E-state index contributed by atoms with van der Waals surface area (Å²) in [6.45, 7) is 3.99. The highest BCUT2D eigenvalue weighted by molar-refractivity contribution is 5.82. The van der Waals surface area contributed by atoms with Crippen molar-refractivity contribution in [2.75, 3.05) is 25.5 Å². The first kappa shape index (κ1) is 11.5. The molecule has 1 aromatic rings. The monoisotopic (exact) mass is 256 g/mol. The zero-order chi connectivity index (χ0) is 13.2. The van der Waals surface area contributed by atoms with Crippen molar-refractivity contribution in [2.24, 2.45) is 5.92 Å². The Kier molecular flexibility index (Phi) is 2.19. The van der Waals surface area contributed by atoms with Crippen molar-refractivity contribution in [1.82, 2.24) is 4.90 Å². The number of rotatable bonds is 0. The van der Waals surface area contributed by atoms with Crippen LogP contribution in [0.15, 0.2) is 24.3 Å². The lowest BCUT2D eigenvalue weighted by molar-refractivity contribution is 0.0219. The van der Waals surface area contributed by atoms with Crippen LogP contribution in [0.3, 0.4) is 0 Å². The number of β-amino-alcohol motifs (C(OH)–C–C–N with tert-alkyl or cyclic N) is 1. The fourth-order valence-corrected chi connectivity index (χ4v) is 4.09. The van der Waals surface area contributed by atoms with Crippen molar-refractivity contribution in [3.8, 4) is 0 Å². The summed E-state index contributed by atoms with van der Waals surface area (Å²) in [6, 6.07) is 6.69. The average molecular weight is 256 g/mol. The van der Waals surface area contributed by atoms with E-state index in [1.165, 1.54) is 11.1 Å². The van der Waals surface area contributed by atoms with E-state index in [9.17, 15) is 5.11 Å². The van der Waals surface area contributed by atoms with Gasteiger partial charge in [-0.25, -0.2) is 0 Å². The molecule has 0 aromatic heterocycles. The van der Waals surface area contributed by atoms with Gasteiger partial charge in [-0.15, -0.1) is 0 Å². The van der Waals surface area contributed by atoms with E-state index in [-0.39, 0.29) is 0 Å². The second-order valence-corrected chi connectivity index (χ2v) is 6.37. The van der Waals surface area contributed by atoms with Crippen LogP contribution in [0.25, 0.3) is 5.57 Å². The Hall–Kier alpha value is -1.32. The van der Waals surface area contributed by atoms with Crippen molar-refractivity contribution < 1.29 is 5.11 Å². The molecule has 2 heterocycles. The van der Waals surface area contributed by atoms with Gasteiger partial charge in [0.05, 0.1) is 0 Å². The molecule has 0 saturated carbocycles. The van der Waals surface area contributed by atoms with Gasteiger partial charge in [-0.1, -0.05) is 25.1 Å². The molecule has 1 unspecified atom stereocenters. The maximum Gasteiger partial charge on any atom is 0.111 e. The summed E-state index contributed by atoms with van der Waals surface area (Å²) >= 11 is 0. The predicted octanol–water partition coefficient (Wildman–Crippen LogP) is 2.04. The molecule has 3 heteroatoms. The van der Waals surface area contributed by atoms with Crippen LogP contribution in [-0.2, 0) is 5.60 Å². The molecule has 3 atom stereocenters. The smallest absolute Gasteiger partial charge is 0.111 e. The van der Waals surface area contributed by atoms with E-state index in [0.717, 1.165) is 24.2 Å². The highest BCUT2D eigenvalue weighted by atomic mass is 16.3. The highest BCUT2D eigenvalue weighted by Crippen LogP contribution is 2.50. The molecule has 3 aliphatic rings. The Morgan fingerprint density at radius 2 is 2.26 bits per heavy atom. The van der Waals surface area contributed by atoms with Gasteiger partial charge in [0, 0.05) is 36.8 Å². The van der Waals surface area contributed by atoms with Crippen molar-refractivity contribution in [3.05, 3.63) is 35.4 Å². The number of anilines is 1. The first-order valence-corrected chi connectivity index (χ1v) is 7.10. The number of aliphatic hydroxyl groups is 1. The molecular formula is C16H20N2O. The first-order valence-electron chi connectivity index (χ1n) is 7.10. The minimum absolute atomic E-state index is 0.351. The van der Waals surface area contributed by atoms with Crippen LogP contribution in [0.1, 0.15) is 24.5 Å². The van der Waals surface area contributed by atoms with E-state index >= 15 is 0 Å². The summed E-state index contributed by atoms with van der Waals surface area (Å²) in [5, 5.41) is 14.4. The standard InChI is InChI=1S/C16H20N2O/c1-10-6-12-11-4-3-5-13-15(11)16(19,9-17-13)7-14(12)18(2)8-10/h3-6,10,14,17,19H,7-9H2,1-2H3/t10-,14-,16?/m1/s1. The molecule has 1 aliphatic carbocycles. The van der Waals surface area contributed by atoms with Gasteiger partial charge in [-0.2, -0.15) is 0 Å². The van der Waals surface area contributed by atoms with Gasteiger partial charge in [0.25, 0.3) is 0 Å². The molecule has 100 valence electrons. The highest BCUT2D eigenvalue weighted by Gasteiger charge is 2.47. The number of fused-ring (bicyclic) bond motifs is 2. The molecule has 2 N–H and O–H groups in total. The van der Waals surface area contributed by atoms with E-state index in [2.05, 4.69) is 48.5 Å². The van der Waals surface area contributed by atoms with E-state index in [1.54, 1.807) is 0 Å². The van der Waals surface area contributed by atoms with E-state index in [1.807, 2.05) is 0 Å². The van der Waals surface area contributed by atoms with E-state index in [0.29, 0.717) is 18.5 Å². The van der Waals surface area contributed by atoms with Gasteiger partial charge in [-0.05, 0) is 30.2 Å². The lowest BCUT2D eigenvalue weighted by Crippen LogP contribution is -2.47. The van der Waals surface area contributed by atoms with Crippen LogP contribution >= 0.6 is 0 Å². The molecule has 1 aromatic carbocycles. The average Bonchev–Trinajstić information content (AvgIpc) is 2.71. The molecule has 0 fully saturated rings. The maximum atomic E-state index is 11.0. The van der Waals surface area contributed by atoms with Gasteiger partial charge >= 0.3 is 0 Å². The Morgan fingerprint density at radius 3 is 3.11 bits per heavy atom. The fraction of sp³-hybridized carbons (Fsp3) is 0.500. The Labute approximate surface area is 113 Å². The molecule has 2 aliphatic heterocycles. The quantitative estimate of drug-likeness (QED) is 0.745. The summed E-state index contributed by atoms with van der Waals surface area (Å²) in [7, 11) is 2.18. The number of nitrogens with one attached hydrogen (secondary N) is 1.